The molecule has 0 bridgehead atoms. The quantitative estimate of drug-likeness (QED) is 0.739. The third-order valence-corrected chi connectivity index (χ3v) is 4.05. The fourth-order valence-corrected chi connectivity index (χ4v) is 2.89. The molecular weight excluding hydrogens is 256 g/mol. The lowest BCUT2D eigenvalue weighted by atomic mass is 9.88. The Balaban J connectivity index is 1.97. The monoisotopic (exact) mass is 278 g/mol. The molecule has 0 aliphatic rings. The predicted octanol–water partition coefficient (Wildman–Crippen LogP) is 4.25. The van der Waals surface area contributed by atoms with Crippen LogP contribution >= 0.6 is 0 Å². The number of benzene rings is 2. The largest absolute Gasteiger partial charge is 0.361 e. The van der Waals surface area contributed by atoms with Crippen molar-refractivity contribution in [1.29, 1.82) is 0 Å². The number of hydrogen-bond donors (Lipinski definition) is 1. The highest BCUT2D eigenvalue weighted by atomic mass is 15.0. The summed E-state index contributed by atoms with van der Waals surface area (Å²) in [5.41, 5.74) is 4.00. The molecule has 1 aromatic heterocycles. The molecule has 2 heteroatoms. The van der Waals surface area contributed by atoms with Crippen LogP contribution in [0.1, 0.15) is 23.5 Å². The molecule has 0 amide bonds. The van der Waals surface area contributed by atoms with E-state index >= 15 is 0 Å². The molecule has 108 valence electrons. The zero-order valence-electron chi connectivity index (χ0n) is 12.7. The summed E-state index contributed by atoms with van der Waals surface area (Å²) in [6.45, 7) is 1.09. The Bertz CT molecular complexity index is 698. The van der Waals surface area contributed by atoms with Crippen LogP contribution in [0.25, 0.3) is 10.9 Å². The van der Waals surface area contributed by atoms with Gasteiger partial charge in [-0.15, -0.1) is 0 Å². The Morgan fingerprint density at radius 1 is 0.952 bits per heavy atom. The van der Waals surface area contributed by atoms with E-state index in [-0.39, 0.29) is 0 Å². The predicted molar refractivity (Wildman–Crippen MR) is 89.8 cm³/mol. The highest BCUT2D eigenvalue weighted by Gasteiger charge is 2.14. The van der Waals surface area contributed by atoms with Gasteiger partial charge in [0.1, 0.15) is 0 Å². The van der Waals surface area contributed by atoms with Crippen LogP contribution in [-0.4, -0.2) is 30.5 Å². The smallest absolute Gasteiger partial charge is 0.0454 e. The van der Waals surface area contributed by atoms with E-state index in [9.17, 15) is 0 Å². The van der Waals surface area contributed by atoms with Crippen LogP contribution in [-0.2, 0) is 0 Å². The summed E-state index contributed by atoms with van der Waals surface area (Å²) in [6.07, 6.45) is 3.14. The van der Waals surface area contributed by atoms with E-state index in [0.717, 1.165) is 13.0 Å². The van der Waals surface area contributed by atoms with Crippen LogP contribution in [0.5, 0.6) is 0 Å². The summed E-state index contributed by atoms with van der Waals surface area (Å²) in [7, 11) is 4.27. The van der Waals surface area contributed by atoms with E-state index in [4.69, 9.17) is 0 Å². The van der Waals surface area contributed by atoms with Crippen LogP contribution in [0.4, 0.5) is 0 Å². The van der Waals surface area contributed by atoms with Crippen LogP contribution in [0.2, 0.25) is 0 Å². The molecule has 21 heavy (non-hydrogen) atoms. The maximum Gasteiger partial charge on any atom is 0.0454 e. The third-order valence-electron chi connectivity index (χ3n) is 4.05. The molecule has 0 saturated heterocycles. The number of aromatic nitrogens is 1. The number of fused-ring (bicyclic) bond motifs is 1. The second-order valence-electron chi connectivity index (χ2n) is 5.88. The van der Waals surface area contributed by atoms with Gasteiger partial charge < -0.3 is 9.88 Å². The Morgan fingerprint density at radius 2 is 1.76 bits per heavy atom. The molecular formula is C19H22N2. The second kappa shape index (κ2) is 6.15. The van der Waals surface area contributed by atoms with Crippen LogP contribution in [0.3, 0.4) is 0 Å². The van der Waals surface area contributed by atoms with E-state index in [1.165, 1.54) is 22.0 Å². The Labute approximate surface area is 126 Å². The number of nitrogens with zero attached hydrogens (tertiary/aromatic N) is 1. The van der Waals surface area contributed by atoms with E-state index in [1.807, 2.05) is 6.20 Å². The van der Waals surface area contributed by atoms with Crippen molar-refractivity contribution >= 4 is 10.9 Å². The summed E-state index contributed by atoms with van der Waals surface area (Å²) in [5, 5.41) is 1.29. The number of nitrogens with one attached hydrogen (secondary N) is 1. The summed E-state index contributed by atoms with van der Waals surface area (Å²) in [5.74, 6) is 0.452. The molecule has 3 aromatic rings. The number of rotatable bonds is 5. The Morgan fingerprint density at radius 3 is 2.52 bits per heavy atom. The second-order valence-corrected chi connectivity index (χ2v) is 5.88. The summed E-state index contributed by atoms with van der Waals surface area (Å²) < 4.78 is 0. The van der Waals surface area contributed by atoms with E-state index in [0.29, 0.717) is 5.92 Å². The topological polar surface area (TPSA) is 19.0 Å². The molecule has 1 atom stereocenters. The van der Waals surface area contributed by atoms with Gasteiger partial charge in [0.15, 0.2) is 0 Å². The first-order valence-electron chi connectivity index (χ1n) is 7.51. The van der Waals surface area contributed by atoms with Gasteiger partial charge in [-0.1, -0.05) is 36.4 Å². The van der Waals surface area contributed by atoms with Crippen molar-refractivity contribution in [2.24, 2.45) is 0 Å². The molecule has 0 spiro atoms. The van der Waals surface area contributed by atoms with Crippen molar-refractivity contribution in [3.8, 4) is 0 Å². The molecule has 2 aromatic carbocycles. The zero-order valence-corrected chi connectivity index (χ0v) is 12.7. The number of H-pyrrole nitrogens is 1. The molecule has 2 nitrogen and oxygen atoms in total. The third kappa shape index (κ3) is 3.17. The standard InChI is InChI=1S/C19H22N2/c1-21(2)13-11-18(15-6-4-3-5-7-15)16-8-9-19-17(14-16)10-12-20-19/h3-10,12,14,18,20H,11,13H2,1-2H3/t18-/m0/s1. The fourth-order valence-electron chi connectivity index (χ4n) is 2.89. The summed E-state index contributed by atoms with van der Waals surface area (Å²) >= 11 is 0. The Hall–Kier alpha value is -2.06. The molecule has 3 rings (SSSR count). The highest BCUT2D eigenvalue weighted by molar-refractivity contribution is 5.80. The van der Waals surface area contributed by atoms with E-state index < -0.39 is 0 Å². The minimum Gasteiger partial charge on any atom is -0.361 e. The molecule has 1 heterocycles. The van der Waals surface area contributed by atoms with Gasteiger partial charge in [0.2, 0.25) is 0 Å². The van der Waals surface area contributed by atoms with Crippen molar-refractivity contribution in [2.45, 2.75) is 12.3 Å². The highest BCUT2D eigenvalue weighted by Crippen LogP contribution is 2.30. The van der Waals surface area contributed by atoms with Crippen molar-refractivity contribution < 1.29 is 0 Å². The zero-order chi connectivity index (χ0) is 14.7. The molecule has 0 saturated carbocycles. The van der Waals surface area contributed by atoms with Crippen LogP contribution < -0.4 is 0 Å². The van der Waals surface area contributed by atoms with Gasteiger partial charge in [0, 0.05) is 17.6 Å². The molecule has 0 fully saturated rings. The fraction of sp³-hybridized carbons (Fsp3) is 0.263. The minimum atomic E-state index is 0.452. The van der Waals surface area contributed by atoms with Gasteiger partial charge in [-0.2, -0.15) is 0 Å². The van der Waals surface area contributed by atoms with Crippen molar-refractivity contribution in [3.05, 3.63) is 71.9 Å². The van der Waals surface area contributed by atoms with Crippen molar-refractivity contribution in [1.82, 2.24) is 9.88 Å². The van der Waals surface area contributed by atoms with Gasteiger partial charge in [0.25, 0.3) is 0 Å². The summed E-state index contributed by atoms with van der Waals surface area (Å²) in [4.78, 5) is 5.52. The molecule has 0 radical (unpaired) electrons. The maximum atomic E-state index is 3.27. The van der Waals surface area contributed by atoms with Crippen molar-refractivity contribution in [2.75, 3.05) is 20.6 Å². The van der Waals surface area contributed by atoms with Gasteiger partial charge in [-0.05, 0) is 61.8 Å². The van der Waals surface area contributed by atoms with Gasteiger partial charge >= 0.3 is 0 Å². The van der Waals surface area contributed by atoms with Crippen LogP contribution in [0, 0.1) is 0 Å². The molecule has 1 N–H and O–H groups in total. The normalized spacial score (nSPS) is 12.9. The first-order valence-corrected chi connectivity index (χ1v) is 7.51. The van der Waals surface area contributed by atoms with E-state index in [1.54, 1.807) is 0 Å². The molecule has 0 aliphatic heterocycles. The lowest BCUT2D eigenvalue weighted by Gasteiger charge is -2.20. The van der Waals surface area contributed by atoms with Crippen molar-refractivity contribution in [3.63, 3.8) is 0 Å². The average Bonchev–Trinajstić information content (AvgIpc) is 2.96. The van der Waals surface area contributed by atoms with E-state index in [2.05, 4.69) is 78.6 Å². The lowest BCUT2D eigenvalue weighted by molar-refractivity contribution is 0.390. The summed E-state index contributed by atoms with van der Waals surface area (Å²) in [6, 6.07) is 19.7. The van der Waals surface area contributed by atoms with Gasteiger partial charge in [0.05, 0.1) is 0 Å². The molecule has 0 unspecified atom stereocenters. The number of hydrogen-bond acceptors (Lipinski definition) is 1. The first kappa shape index (κ1) is 13.9. The number of aromatic amines is 1. The molecule has 0 aliphatic carbocycles. The first-order chi connectivity index (χ1) is 10.2. The maximum absolute atomic E-state index is 3.27. The lowest BCUT2D eigenvalue weighted by Crippen LogP contribution is -2.16. The van der Waals surface area contributed by atoms with Gasteiger partial charge in [-0.25, -0.2) is 0 Å². The Kier molecular flexibility index (Phi) is 4.07. The van der Waals surface area contributed by atoms with Crippen LogP contribution in [0.15, 0.2) is 60.8 Å². The minimum absolute atomic E-state index is 0.452. The van der Waals surface area contributed by atoms with Gasteiger partial charge in [-0.3, -0.25) is 0 Å². The SMILES string of the molecule is CN(C)CC[C@@H](c1ccccc1)c1ccc2[nH]ccc2c1. The average molecular weight is 278 g/mol.